The van der Waals surface area contributed by atoms with Crippen molar-refractivity contribution in [2.75, 3.05) is 0 Å². The Morgan fingerprint density at radius 3 is 1.03 bits per heavy atom. The van der Waals surface area contributed by atoms with E-state index in [0.717, 1.165) is 44.3 Å². The molecule has 1 heterocycles. The Kier molecular flexibility index (Phi) is 22.2. The summed E-state index contributed by atoms with van der Waals surface area (Å²) in [5.41, 5.74) is 0. The SMILES string of the molecule is O=C(O)CCCCCCCCCCCCCCCCCCCCCCCCCCC(=O)ON1C(=O)C=CC1=O. The molecule has 0 spiro atoms. The van der Waals surface area contributed by atoms with E-state index in [0.29, 0.717) is 11.5 Å². The smallest absolute Gasteiger partial charge is 0.333 e. The molecule has 39 heavy (non-hydrogen) atoms. The molecule has 1 N–H and O–H groups in total. The molecule has 1 rings (SSSR count). The molecule has 1 aliphatic heterocycles. The lowest BCUT2D eigenvalue weighted by atomic mass is 10.0. The van der Waals surface area contributed by atoms with E-state index in [2.05, 4.69) is 0 Å². The van der Waals surface area contributed by atoms with Gasteiger partial charge >= 0.3 is 11.9 Å². The van der Waals surface area contributed by atoms with Gasteiger partial charge in [-0.3, -0.25) is 14.4 Å². The van der Waals surface area contributed by atoms with Gasteiger partial charge in [0.15, 0.2) is 0 Å². The summed E-state index contributed by atoms with van der Waals surface area (Å²) in [6.07, 6.45) is 32.7. The summed E-state index contributed by atoms with van der Waals surface area (Å²) >= 11 is 0. The van der Waals surface area contributed by atoms with Gasteiger partial charge in [0, 0.05) is 25.0 Å². The number of carbonyl (C=O) groups is 4. The maximum Gasteiger partial charge on any atom is 0.333 e. The van der Waals surface area contributed by atoms with Crippen LogP contribution in [0.2, 0.25) is 0 Å². The van der Waals surface area contributed by atoms with Crippen molar-refractivity contribution in [2.45, 2.75) is 167 Å². The summed E-state index contributed by atoms with van der Waals surface area (Å²) in [6.45, 7) is 0. The fraction of sp³-hybridized carbons (Fsp3) is 0.812. The zero-order chi connectivity index (χ0) is 28.4. The Morgan fingerprint density at radius 1 is 0.487 bits per heavy atom. The Morgan fingerprint density at radius 2 is 0.744 bits per heavy atom. The van der Waals surface area contributed by atoms with Crippen molar-refractivity contribution in [1.82, 2.24) is 5.06 Å². The standard InChI is InChI=1S/C32H55NO6/c34-29-27-28-30(35)33(29)39-32(38)26-24-22-20-18-16-14-12-10-8-6-4-2-1-3-5-7-9-11-13-15-17-19-21-23-25-31(36)37/h27-28H,1-26H2,(H,36,37). The lowest BCUT2D eigenvalue weighted by molar-refractivity contribution is -0.196. The van der Waals surface area contributed by atoms with Crippen molar-refractivity contribution in [3.8, 4) is 0 Å². The van der Waals surface area contributed by atoms with Crippen LogP contribution in [0.15, 0.2) is 12.2 Å². The van der Waals surface area contributed by atoms with Crippen molar-refractivity contribution >= 4 is 23.8 Å². The van der Waals surface area contributed by atoms with Crippen LogP contribution in [0.5, 0.6) is 0 Å². The normalized spacial score (nSPS) is 13.0. The van der Waals surface area contributed by atoms with Gasteiger partial charge in [0.1, 0.15) is 0 Å². The molecular weight excluding hydrogens is 494 g/mol. The first kappa shape index (κ1) is 34.8. The van der Waals surface area contributed by atoms with Gasteiger partial charge in [0.2, 0.25) is 0 Å². The number of unbranched alkanes of at least 4 members (excludes halogenated alkanes) is 23. The number of amides is 2. The van der Waals surface area contributed by atoms with Crippen LogP contribution in [0.3, 0.4) is 0 Å². The highest BCUT2D eigenvalue weighted by Crippen LogP contribution is 2.16. The third-order valence-electron chi connectivity index (χ3n) is 7.48. The zero-order valence-electron chi connectivity index (χ0n) is 24.5. The Hall–Kier alpha value is -2.18. The van der Waals surface area contributed by atoms with Crippen LogP contribution in [-0.4, -0.2) is 33.9 Å². The van der Waals surface area contributed by atoms with E-state index in [1.165, 1.54) is 122 Å². The first-order valence-corrected chi connectivity index (χ1v) is 16.0. The second-order valence-electron chi connectivity index (χ2n) is 11.1. The van der Waals surface area contributed by atoms with Gasteiger partial charge in [-0.25, -0.2) is 4.79 Å². The van der Waals surface area contributed by atoms with E-state index < -0.39 is 23.8 Å². The molecule has 0 unspecified atom stereocenters. The molecule has 224 valence electrons. The summed E-state index contributed by atoms with van der Waals surface area (Å²) in [4.78, 5) is 49.7. The van der Waals surface area contributed by atoms with Gasteiger partial charge < -0.3 is 9.94 Å². The third kappa shape index (κ3) is 21.3. The highest BCUT2D eigenvalue weighted by molar-refractivity contribution is 6.12. The van der Waals surface area contributed by atoms with E-state index in [1.807, 2.05) is 0 Å². The Bertz CT molecular complexity index is 687. The molecule has 0 radical (unpaired) electrons. The molecule has 0 aromatic rings. The quantitative estimate of drug-likeness (QED) is 0.0774. The maximum atomic E-state index is 11.7. The molecule has 0 aromatic carbocycles. The Labute approximate surface area is 237 Å². The fourth-order valence-corrected chi connectivity index (χ4v) is 5.06. The number of carboxylic acid groups (broad SMARTS) is 1. The van der Waals surface area contributed by atoms with Gasteiger partial charge in [0.05, 0.1) is 0 Å². The van der Waals surface area contributed by atoms with Crippen LogP contribution < -0.4 is 0 Å². The number of hydrogen-bond donors (Lipinski definition) is 1. The Balaban J connectivity index is 1.69. The highest BCUT2D eigenvalue weighted by Gasteiger charge is 2.27. The largest absolute Gasteiger partial charge is 0.481 e. The van der Waals surface area contributed by atoms with E-state index in [1.54, 1.807) is 0 Å². The molecular formula is C32H55NO6. The summed E-state index contributed by atoms with van der Waals surface area (Å²) in [5, 5.41) is 9.14. The number of rotatable bonds is 28. The van der Waals surface area contributed by atoms with Crippen LogP contribution in [0.1, 0.15) is 167 Å². The predicted octanol–water partition coefficient (Wildman–Crippen LogP) is 8.60. The average molecular weight is 550 g/mol. The molecule has 0 aromatic heterocycles. The second-order valence-corrected chi connectivity index (χ2v) is 11.1. The number of hydroxylamine groups is 2. The van der Waals surface area contributed by atoms with Crippen LogP contribution in [0.25, 0.3) is 0 Å². The topological polar surface area (TPSA) is 101 Å². The second kappa shape index (κ2) is 24.8. The number of carboxylic acids is 1. The molecule has 1 aliphatic rings. The molecule has 2 amide bonds. The molecule has 0 bridgehead atoms. The molecule has 0 aliphatic carbocycles. The third-order valence-corrected chi connectivity index (χ3v) is 7.48. The maximum absolute atomic E-state index is 11.7. The zero-order valence-corrected chi connectivity index (χ0v) is 24.5. The lowest BCUT2D eigenvalue weighted by Gasteiger charge is -2.12. The highest BCUT2D eigenvalue weighted by atomic mass is 16.7. The minimum absolute atomic E-state index is 0.234. The predicted molar refractivity (Wildman–Crippen MR) is 155 cm³/mol. The summed E-state index contributed by atoms with van der Waals surface area (Å²) < 4.78 is 0. The molecule has 0 saturated carbocycles. The van der Waals surface area contributed by atoms with Crippen molar-refractivity contribution in [2.24, 2.45) is 0 Å². The minimum atomic E-state index is -0.669. The molecule has 0 saturated heterocycles. The van der Waals surface area contributed by atoms with E-state index in [-0.39, 0.29) is 6.42 Å². The van der Waals surface area contributed by atoms with Crippen LogP contribution in [0.4, 0.5) is 0 Å². The van der Waals surface area contributed by atoms with Gasteiger partial charge in [-0.1, -0.05) is 146 Å². The number of hydrogen-bond acceptors (Lipinski definition) is 5. The monoisotopic (exact) mass is 549 g/mol. The molecule has 7 nitrogen and oxygen atoms in total. The average Bonchev–Trinajstić information content (AvgIpc) is 3.22. The fourth-order valence-electron chi connectivity index (χ4n) is 5.06. The first-order chi connectivity index (χ1) is 19.0. The van der Waals surface area contributed by atoms with Gasteiger partial charge in [0.25, 0.3) is 11.8 Å². The first-order valence-electron chi connectivity index (χ1n) is 16.0. The van der Waals surface area contributed by atoms with Gasteiger partial charge in [-0.15, -0.1) is 0 Å². The lowest BCUT2D eigenvalue weighted by Crippen LogP contribution is -2.32. The molecule has 0 atom stereocenters. The summed E-state index contributed by atoms with van der Waals surface area (Å²) in [6, 6.07) is 0. The molecule has 0 fully saturated rings. The van der Waals surface area contributed by atoms with Crippen molar-refractivity contribution in [3.05, 3.63) is 12.2 Å². The van der Waals surface area contributed by atoms with E-state index in [4.69, 9.17) is 9.94 Å². The van der Waals surface area contributed by atoms with Crippen LogP contribution in [-0.2, 0) is 24.0 Å². The van der Waals surface area contributed by atoms with E-state index in [9.17, 15) is 19.2 Å². The van der Waals surface area contributed by atoms with Crippen molar-refractivity contribution < 1.29 is 29.1 Å². The van der Waals surface area contributed by atoms with E-state index >= 15 is 0 Å². The number of aliphatic carboxylic acids is 1. The molecule has 7 heteroatoms. The summed E-state index contributed by atoms with van der Waals surface area (Å²) in [7, 11) is 0. The van der Waals surface area contributed by atoms with Gasteiger partial charge in [-0.2, -0.15) is 0 Å². The van der Waals surface area contributed by atoms with Crippen LogP contribution in [0, 0.1) is 0 Å². The minimum Gasteiger partial charge on any atom is -0.481 e. The number of nitrogens with zero attached hydrogens (tertiary/aromatic N) is 1. The number of carbonyl (C=O) groups excluding carboxylic acids is 3. The van der Waals surface area contributed by atoms with Gasteiger partial charge in [-0.05, 0) is 12.8 Å². The summed E-state index contributed by atoms with van der Waals surface area (Å²) in [5.74, 6) is -2.39. The van der Waals surface area contributed by atoms with Crippen molar-refractivity contribution in [1.29, 1.82) is 0 Å². The number of imide groups is 1. The van der Waals surface area contributed by atoms with Crippen molar-refractivity contribution in [3.63, 3.8) is 0 Å². The van der Waals surface area contributed by atoms with Crippen LogP contribution >= 0.6 is 0 Å².